The van der Waals surface area contributed by atoms with Gasteiger partial charge in [0.15, 0.2) is 0 Å². The van der Waals surface area contributed by atoms with E-state index in [1.807, 2.05) is 0 Å². The smallest absolute Gasteiger partial charge is 0.367 e. The van der Waals surface area contributed by atoms with Gasteiger partial charge in [0.2, 0.25) is 0 Å². The summed E-state index contributed by atoms with van der Waals surface area (Å²) >= 11 is 0. The molecule has 0 rings (SSSR count). The van der Waals surface area contributed by atoms with E-state index in [2.05, 4.69) is 11.5 Å². The predicted molar refractivity (Wildman–Crippen MR) is 67.3 cm³/mol. The van der Waals surface area contributed by atoms with Crippen molar-refractivity contribution in [1.82, 2.24) is 0 Å². The van der Waals surface area contributed by atoms with Gasteiger partial charge >= 0.3 is 17.9 Å². The Kier molecular flexibility index (Phi) is 8.61. The van der Waals surface area contributed by atoms with Crippen LogP contribution in [-0.2, 0) is 31.0 Å². The molecule has 0 aromatic rings. The first-order chi connectivity index (χ1) is 8.57. The van der Waals surface area contributed by atoms with Gasteiger partial charge in [-0.2, -0.15) is 0 Å². The summed E-state index contributed by atoms with van der Waals surface area (Å²) in [5.74, 6) is 2.75. The molecule has 0 spiro atoms. The molecule has 0 heterocycles. The second-order valence-electron chi connectivity index (χ2n) is 2.87. The molecular formula is C9H20O7Si2. The zero-order valence-corrected chi connectivity index (χ0v) is 13.6. The van der Waals surface area contributed by atoms with Gasteiger partial charge in [0.1, 0.15) is 6.61 Å². The molecule has 0 saturated carbocycles. The second-order valence-corrected chi connectivity index (χ2v) is 7.97. The molecule has 0 aliphatic rings. The van der Waals surface area contributed by atoms with Crippen LogP contribution in [0, 0.1) is 11.5 Å². The summed E-state index contributed by atoms with van der Waals surface area (Å²) in [6.07, 6.45) is 0. The number of hydrogen-bond acceptors (Lipinski definition) is 7. The monoisotopic (exact) mass is 296 g/mol. The van der Waals surface area contributed by atoms with Crippen molar-refractivity contribution in [2.75, 3.05) is 49.3 Å². The Labute approximate surface area is 110 Å². The Morgan fingerprint density at radius 2 is 1.17 bits per heavy atom. The lowest BCUT2D eigenvalue weighted by Gasteiger charge is -2.21. The van der Waals surface area contributed by atoms with Crippen LogP contribution in [0.25, 0.3) is 0 Å². The zero-order chi connectivity index (χ0) is 14.1. The predicted octanol–water partition coefficient (Wildman–Crippen LogP) is -0.201. The number of hydrogen-bond donors (Lipinski definition) is 0. The van der Waals surface area contributed by atoms with Gasteiger partial charge in [0.25, 0.3) is 0 Å². The lowest BCUT2D eigenvalue weighted by molar-refractivity contribution is 0.0145. The fourth-order valence-corrected chi connectivity index (χ4v) is 3.30. The highest BCUT2D eigenvalue weighted by Gasteiger charge is 2.42. The normalized spacial score (nSPS) is 12.1. The average Bonchev–Trinajstić information content (AvgIpc) is 2.45. The Balaban J connectivity index is 4.50. The molecule has 0 aromatic carbocycles. The van der Waals surface area contributed by atoms with Crippen LogP contribution in [0.5, 0.6) is 0 Å². The Bertz CT molecular complexity index is 264. The molecule has 7 nitrogen and oxygen atoms in total. The molecule has 0 aliphatic heterocycles. The molecule has 0 atom stereocenters. The van der Waals surface area contributed by atoms with E-state index >= 15 is 0 Å². The van der Waals surface area contributed by atoms with Gasteiger partial charge in [-0.1, -0.05) is 5.92 Å². The summed E-state index contributed by atoms with van der Waals surface area (Å²) in [6, 6.07) is 0. The van der Waals surface area contributed by atoms with Crippen LogP contribution < -0.4 is 0 Å². The maximum atomic E-state index is 5.36. The molecule has 0 fully saturated rings. The Morgan fingerprint density at radius 3 is 1.50 bits per heavy atom. The van der Waals surface area contributed by atoms with Gasteiger partial charge in [0, 0.05) is 42.7 Å². The third-order valence-electron chi connectivity index (χ3n) is 2.12. The van der Waals surface area contributed by atoms with Crippen LogP contribution in [0.3, 0.4) is 0 Å². The quantitative estimate of drug-likeness (QED) is 0.454. The average molecular weight is 296 g/mol. The summed E-state index contributed by atoms with van der Waals surface area (Å²) in [4.78, 5) is 0. The van der Waals surface area contributed by atoms with Crippen molar-refractivity contribution >= 4 is 17.9 Å². The first-order valence-corrected chi connectivity index (χ1v) is 8.38. The van der Waals surface area contributed by atoms with Gasteiger partial charge in [-0.25, -0.2) is 0 Å². The van der Waals surface area contributed by atoms with Gasteiger partial charge < -0.3 is 31.0 Å². The van der Waals surface area contributed by atoms with Crippen molar-refractivity contribution in [2.24, 2.45) is 0 Å². The van der Waals surface area contributed by atoms with Crippen LogP contribution >= 0.6 is 0 Å². The van der Waals surface area contributed by atoms with Gasteiger partial charge in [-0.05, 0) is 5.54 Å². The molecule has 106 valence electrons. The minimum Gasteiger partial charge on any atom is -0.367 e. The molecule has 18 heavy (non-hydrogen) atoms. The molecule has 0 aliphatic carbocycles. The van der Waals surface area contributed by atoms with Crippen LogP contribution in [0.15, 0.2) is 0 Å². The minimum absolute atomic E-state index is 0.0621. The summed E-state index contributed by atoms with van der Waals surface area (Å²) in [6.45, 7) is 0.0621. The van der Waals surface area contributed by atoms with Crippen molar-refractivity contribution in [2.45, 2.75) is 0 Å². The minimum atomic E-state index is -3.05. The van der Waals surface area contributed by atoms with Crippen LogP contribution in [-0.4, -0.2) is 67.1 Å². The van der Waals surface area contributed by atoms with E-state index in [0.29, 0.717) is 0 Å². The van der Waals surface area contributed by atoms with Crippen LogP contribution in [0.2, 0.25) is 0 Å². The fraction of sp³-hybridized carbons (Fsp3) is 0.778. The highest BCUT2D eigenvalue weighted by atomic mass is 28.4. The van der Waals surface area contributed by atoms with Crippen molar-refractivity contribution in [3.8, 4) is 11.5 Å². The highest BCUT2D eigenvalue weighted by Crippen LogP contribution is 2.07. The summed E-state index contributed by atoms with van der Waals surface area (Å²) < 4.78 is 36.0. The molecule has 0 amide bonds. The van der Waals surface area contributed by atoms with E-state index in [0.717, 1.165) is 0 Å². The first-order valence-electron chi connectivity index (χ1n) is 5.02. The lowest BCUT2D eigenvalue weighted by atomic mass is 10.8. The van der Waals surface area contributed by atoms with E-state index in [9.17, 15) is 0 Å². The van der Waals surface area contributed by atoms with E-state index in [1.165, 1.54) is 42.7 Å². The largest absolute Gasteiger partial charge is 0.679 e. The standard InChI is InChI=1S/C9H20O7Si2/c1-10-17(11-2,12-3)9-7-8-16-18(13-4,14-5)15-6/h8H2,1-6H3. The first kappa shape index (κ1) is 17.7. The molecule has 9 heteroatoms. The molecule has 0 aromatic heterocycles. The van der Waals surface area contributed by atoms with E-state index in [1.54, 1.807) is 0 Å². The van der Waals surface area contributed by atoms with Crippen LogP contribution in [0.1, 0.15) is 0 Å². The maximum absolute atomic E-state index is 5.36. The SMILES string of the molecule is CO[Si](C#CCO[Si](OC)(OC)OC)(OC)OC. The molecule has 0 radical (unpaired) electrons. The molecule has 0 N–H and O–H groups in total. The second kappa shape index (κ2) is 8.75. The van der Waals surface area contributed by atoms with E-state index in [-0.39, 0.29) is 6.61 Å². The molecule has 0 unspecified atom stereocenters. The van der Waals surface area contributed by atoms with Gasteiger partial charge in [-0.3, -0.25) is 0 Å². The van der Waals surface area contributed by atoms with E-state index < -0.39 is 17.9 Å². The van der Waals surface area contributed by atoms with Gasteiger partial charge in [-0.15, -0.1) is 0 Å². The maximum Gasteiger partial charge on any atom is 0.679 e. The summed E-state index contributed by atoms with van der Waals surface area (Å²) in [5.41, 5.74) is 2.78. The fourth-order valence-electron chi connectivity index (χ4n) is 1.10. The summed E-state index contributed by atoms with van der Waals surface area (Å²) in [5, 5.41) is 0. The molecule has 0 bridgehead atoms. The van der Waals surface area contributed by atoms with E-state index in [4.69, 9.17) is 31.0 Å². The molecular weight excluding hydrogens is 276 g/mol. The zero-order valence-electron chi connectivity index (χ0n) is 11.6. The van der Waals surface area contributed by atoms with Gasteiger partial charge in [0.05, 0.1) is 0 Å². The summed E-state index contributed by atoms with van der Waals surface area (Å²) in [7, 11) is 2.84. The van der Waals surface area contributed by atoms with Crippen molar-refractivity contribution in [3.63, 3.8) is 0 Å². The van der Waals surface area contributed by atoms with Crippen molar-refractivity contribution in [3.05, 3.63) is 0 Å². The van der Waals surface area contributed by atoms with Crippen LogP contribution in [0.4, 0.5) is 0 Å². The van der Waals surface area contributed by atoms with Crippen molar-refractivity contribution < 1.29 is 31.0 Å². The third-order valence-corrected chi connectivity index (χ3v) is 6.21. The van der Waals surface area contributed by atoms with Crippen molar-refractivity contribution in [1.29, 1.82) is 0 Å². The number of rotatable bonds is 8. The third kappa shape index (κ3) is 4.77. The lowest BCUT2D eigenvalue weighted by Crippen LogP contribution is -2.46. The molecule has 0 saturated heterocycles. The highest BCUT2D eigenvalue weighted by molar-refractivity contribution is 6.69. The Hall–Kier alpha value is -0.286. The Morgan fingerprint density at radius 1 is 0.722 bits per heavy atom. The topological polar surface area (TPSA) is 64.6 Å².